The second-order valence-electron chi connectivity index (χ2n) is 6.02. The lowest BCUT2D eigenvalue weighted by molar-refractivity contribution is -0.116. The number of anilines is 1. The van der Waals surface area contributed by atoms with E-state index in [9.17, 15) is 13.2 Å². The maximum Gasteiger partial charge on any atom is 0.237 e. The molecule has 1 atom stereocenters. The summed E-state index contributed by atoms with van der Waals surface area (Å²) in [5.41, 5.74) is 0.706. The largest absolute Gasteiger partial charge is 0.308 e. The topological polar surface area (TPSA) is 54.5 Å². The Morgan fingerprint density at radius 3 is 2.54 bits per heavy atom. The highest BCUT2D eigenvalue weighted by molar-refractivity contribution is 8.00. The van der Waals surface area contributed by atoms with E-state index in [4.69, 9.17) is 23.2 Å². The molecule has 0 unspecified atom stereocenters. The van der Waals surface area contributed by atoms with E-state index in [1.807, 2.05) is 30.3 Å². The number of nitrogens with zero attached hydrogens (tertiary/aromatic N) is 1. The van der Waals surface area contributed by atoms with Crippen LogP contribution in [-0.4, -0.2) is 37.6 Å². The summed E-state index contributed by atoms with van der Waals surface area (Å²) in [5.74, 6) is 0.0999. The van der Waals surface area contributed by atoms with Crippen molar-refractivity contribution in [3.05, 3.63) is 58.6 Å². The van der Waals surface area contributed by atoms with E-state index in [1.54, 1.807) is 23.1 Å². The molecule has 1 saturated heterocycles. The van der Waals surface area contributed by atoms with Crippen LogP contribution in [0.4, 0.5) is 5.69 Å². The predicted octanol–water partition coefficient (Wildman–Crippen LogP) is 4.31. The van der Waals surface area contributed by atoms with E-state index in [0.29, 0.717) is 22.2 Å². The van der Waals surface area contributed by atoms with Crippen LogP contribution in [0.15, 0.2) is 53.4 Å². The Hall–Kier alpha value is -1.21. The molecule has 3 rings (SSSR count). The Morgan fingerprint density at radius 2 is 1.88 bits per heavy atom. The van der Waals surface area contributed by atoms with Crippen molar-refractivity contribution in [1.82, 2.24) is 0 Å². The molecule has 0 spiro atoms. The van der Waals surface area contributed by atoms with Crippen LogP contribution in [0.25, 0.3) is 0 Å². The Morgan fingerprint density at radius 1 is 1.15 bits per heavy atom. The summed E-state index contributed by atoms with van der Waals surface area (Å²) >= 11 is 13.4. The minimum atomic E-state index is -3.10. The van der Waals surface area contributed by atoms with E-state index in [2.05, 4.69) is 0 Å². The zero-order chi connectivity index (χ0) is 18.7. The monoisotopic (exact) mass is 429 g/mol. The fourth-order valence-corrected chi connectivity index (χ4v) is 5.98. The van der Waals surface area contributed by atoms with Gasteiger partial charge in [-0.25, -0.2) is 8.42 Å². The molecule has 0 radical (unpaired) electrons. The number of hydrogen-bond acceptors (Lipinski definition) is 4. The van der Waals surface area contributed by atoms with Gasteiger partial charge < -0.3 is 4.90 Å². The molecule has 4 nitrogen and oxygen atoms in total. The number of amides is 1. The molecule has 1 fully saturated rings. The Kier molecular flexibility index (Phi) is 6.17. The first kappa shape index (κ1) is 19.5. The first-order valence-corrected chi connectivity index (χ1v) is 11.6. The van der Waals surface area contributed by atoms with Gasteiger partial charge in [0.2, 0.25) is 5.91 Å². The standard InChI is InChI=1S/C18H17Cl2NO3S2/c19-13-6-7-16(20)17(10-13)25-11-18(22)21(14-4-2-1-3-5-14)15-8-9-26(23,24)12-15/h1-7,10,15H,8-9,11-12H2/t15-/m1/s1. The van der Waals surface area contributed by atoms with Gasteiger partial charge in [0.1, 0.15) is 0 Å². The van der Waals surface area contributed by atoms with Crippen molar-refractivity contribution >= 4 is 56.4 Å². The molecule has 1 aliphatic rings. The SMILES string of the molecule is O=C(CSc1cc(Cl)ccc1Cl)N(c1ccccc1)[C@@H]1CCS(=O)(=O)C1. The van der Waals surface area contributed by atoms with Crippen molar-refractivity contribution in [1.29, 1.82) is 0 Å². The van der Waals surface area contributed by atoms with Crippen molar-refractivity contribution in [2.45, 2.75) is 17.4 Å². The van der Waals surface area contributed by atoms with Crippen LogP contribution in [0, 0.1) is 0 Å². The van der Waals surface area contributed by atoms with Gasteiger partial charge in [-0.15, -0.1) is 11.8 Å². The minimum absolute atomic E-state index is 0.00375. The smallest absolute Gasteiger partial charge is 0.237 e. The third-order valence-electron chi connectivity index (χ3n) is 4.12. The summed E-state index contributed by atoms with van der Waals surface area (Å²) in [6.45, 7) is 0. The van der Waals surface area contributed by atoms with Crippen LogP contribution in [0.5, 0.6) is 0 Å². The van der Waals surface area contributed by atoms with Crippen molar-refractivity contribution in [3.8, 4) is 0 Å². The lowest BCUT2D eigenvalue weighted by atomic mass is 10.2. The highest BCUT2D eigenvalue weighted by atomic mass is 35.5. The van der Waals surface area contributed by atoms with E-state index in [-0.39, 0.29) is 29.2 Å². The third kappa shape index (κ3) is 4.74. The van der Waals surface area contributed by atoms with Crippen LogP contribution in [0.1, 0.15) is 6.42 Å². The second kappa shape index (κ2) is 8.21. The van der Waals surface area contributed by atoms with Gasteiger partial charge in [-0.1, -0.05) is 41.4 Å². The number of benzene rings is 2. The van der Waals surface area contributed by atoms with Crippen LogP contribution < -0.4 is 4.90 Å². The van der Waals surface area contributed by atoms with E-state index < -0.39 is 9.84 Å². The van der Waals surface area contributed by atoms with Gasteiger partial charge in [0, 0.05) is 15.6 Å². The van der Waals surface area contributed by atoms with E-state index in [0.717, 1.165) is 4.90 Å². The third-order valence-corrected chi connectivity index (χ3v) is 7.59. The summed E-state index contributed by atoms with van der Waals surface area (Å²) in [5, 5.41) is 1.08. The number of halogens is 2. The molecule has 26 heavy (non-hydrogen) atoms. The first-order chi connectivity index (χ1) is 12.4. The summed E-state index contributed by atoms with van der Waals surface area (Å²) in [6, 6.07) is 13.9. The molecular weight excluding hydrogens is 413 g/mol. The van der Waals surface area contributed by atoms with Crippen LogP contribution in [-0.2, 0) is 14.6 Å². The number of carbonyl (C=O) groups is 1. The predicted molar refractivity (Wildman–Crippen MR) is 108 cm³/mol. The van der Waals surface area contributed by atoms with Crippen molar-refractivity contribution in [3.63, 3.8) is 0 Å². The van der Waals surface area contributed by atoms with Crippen LogP contribution in [0.3, 0.4) is 0 Å². The Labute approximate surface area is 167 Å². The molecule has 0 aromatic heterocycles. The number of para-hydroxylation sites is 1. The summed E-state index contributed by atoms with van der Waals surface area (Å²) < 4.78 is 23.8. The van der Waals surface area contributed by atoms with E-state index in [1.165, 1.54) is 11.8 Å². The Bertz CT molecular complexity index is 904. The van der Waals surface area contributed by atoms with Gasteiger partial charge in [0.15, 0.2) is 9.84 Å². The molecule has 2 aromatic carbocycles. The molecule has 0 N–H and O–H groups in total. The van der Waals surface area contributed by atoms with Crippen LogP contribution >= 0.6 is 35.0 Å². The molecule has 0 bridgehead atoms. The van der Waals surface area contributed by atoms with Gasteiger partial charge in [-0.05, 0) is 36.8 Å². The lowest BCUT2D eigenvalue weighted by Crippen LogP contribution is -2.42. The fraction of sp³-hybridized carbons (Fsp3) is 0.278. The molecule has 0 saturated carbocycles. The average molecular weight is 430 g/mol. The van der Waals surface area contributed by atoms with Crippen molar-refractivity contribution in [2.24, 2.45) is 0 Å². The van der Waals surface area contributed by atoms with Gasteiger partial charge in [-0.3, -0.25) is 4.79 Å². The average Bonchev–Trinajstić information content (AvgIpc) is 2.96. The molecule has 138 valence electrons. The summed E-state index contributed by atoms with van der Waals surface area (Å²) in [4.78, 5) is 15.3. The molecule has 1 aliphatic heterocycles. The van der Waals surface area contributed by atoms with Crippen molar-refractivity contribution in [2.75, 3.05) is 22.2 Å². The maximum absolute atomic E-state index is 12.9. The van der Waals surface area contributed by atoms with E-state index >= 15 is 0 Å². The lowest BCUT2D eigenvalue weighted by Gasteiger charge is -2.28. The number of rotatable bonds is 5. The maximum atomic E-state index is 12.9. The number of carbonyl (C=O) groups excluding carboxylic acids is 1. The quantitative estimate of drug-likeness (QED) is 0.664. The highest BCUT2D eigenvalue weighted by Gasteiger charge is 2.35. The molecule has 8 heteroatoms. The zero-order valence-electron chi connectivity index (χ0n) is 13.8. The zero-order valence-corrected chi connectivity index (χ0v) is 16.9. The number of sulfone groups is 1. The van der Waals surface area contributed by atoms with Gasteiger partial charge in [-0.2, -0.15) is 0 Å². The second-order valence-corrected chi connectivity index (χ2v) is 10.1. The Balaban J connectivity index is 1.80. The molecular formula is C18H17Cl2NO3S2. The van der Waals surface area contributed by atoms with Crippen molar-refractivity contribution < 1.29 is 13.2 Å². The molecule has 0 aliphatic carbocycles. The first-order valence-electron chi connectivity index (χ1n) is 8.01. The number of thioether (sulfide) groups is 1. The fourth-order valence-electron chi connectivity index (χ4n) is 2.92. The normalized spacial score (nSPS) is 18.6. The molecule has 1 amide bonds. The highest BCUT2D eigenvalue weighted by Crippen LogP contribution is 2.31. The molecule has 2 aromatic rings. The number of hydrogen-bond donors (Lipinski definition) is 0. The molecule has 1 heterocycles. The van der Waals surface area contributed by atoms with Gasteiger partial charge in [0.05, 0.1) is 28.3 Å². The van der Waals surface area contributed by atoms with Crippen LogP contribution in [0.2, 0.25) is 10.0 Å². The van der Waals surface area contributed by atoms with Gasteiger partial charge >= 0.3 is 0 Å². The van der Waals surface area contributed by atoms with Gasteiger partial charge in [0.25, 0.3) is 0 Å². The summed E-state index contributed by atoms with van der Waals surface area (Å²) in [7, 11) is -3.10. The minimum Gasteiger partial charge on any atom is -0.308 e. The summed E-state index contributed by atoms with van der Waals surface area (Å²) in [6.07, 6.45) is 0.450.